The molecule has 0 aliphatic rings. The Morgan fingerprint density at radius 2 is 1.94 bits per heavy atom. The third-order valence-corrected chi connectivity index (χ3v) is 2.53. The lowest BCUT2D eigenvalue weighted by molar-refractivity contribution is 0.0600. The van der Waals surface area contributed by atoms with Crippen LogP contribution in [0.2, 0.25) is 0 Å². The number of esters is 1. The normalized spacial score (nSPS) is 10.0. The van der Waals surface area contributed by atoms with E-state index in [4.69, 9.17) is 16.7 Å². The molecule has 4 nitrogen and oxygen atoms in total. The van der Waals surface area contributed by atoms with Crippen molar-refractivity contribution in [3.8, 4) is 0 Å². The minimum Gasteiger partial charge on any atom is -0.478 e. The zero-order valence-corrected chi connectivity index (χ0v) is 10.2. The predicted octanol–water partition coefficient (Wildman–Crippen LogP) is 2.34. The number of aryl methyl sites for hydroxylation is 1. The molecule has 92 valence electrons. The molecule has 0 fully saturated rings. The average molecular weight is 257 g/mol. The van der Waals surface area contributed by atoms with E-state index in [2.05, 4.69) is 4.74 Å². The van der Waals surface area contributed by atoms with Crippen LogP contribution in [0.4, 0.5) is 0 Å². The molecule has 1 rings (SSSR count). The monoisotopic (exact) mass is 256 g/mol. The molecule has 0 atom stereocenters. The summed E-state index contributed by atoms with van der Waals surface area (Å²) < 4.78 is 4.57. The van der Waals surface area contributed by atoms with Crippen LogP contribution in [0.1, 0.15) is 32.7 Å². The summed E-state index contributed by atoms with van der Waals surface area (Å²) in [6.45, 7) is 0. The number of hydrogen-bond donors (Lipinski definition) is 1. The molecule has 0 aromatic heterocycles. The number of alkyl halides is 1. The first-order chi connectivity index (χ1) is 8.08. The Bertz CT molecular complexity index is 429. The largest absolute Gasteiger partial charge is 0.478 e. The van der Waals surface area contributed by atoms with Gasteiger partial charge in [0.2, 0.25) is 0 Å². The van der Waals surface area contributed by atoms with E-state index in [1.165, 1.54) is 13.2 Å². The molecular formula is C12H13ClO4. The number of carbonyl (C=O) groups excluding carboxylic acids is 1. The molecule has 0 bridgehead atoms. The van der Waals surface area contributed by atoms with E-state index in [0.717, 1.165) is 12.0 Å². The molecular weight excluding hydrogens is 244 g/mol. The van der Waals surface area contributed by atoms with Gasteiger partial charge in [0, 0.05) is 5.88 Å². The molecule has 1 aromatic carbocycles. The number of halogens is 1. The van der Waals surface area contributed by atoms with E-state index in [-0.39, 0.29) is 11.1 Å². The maximum atomic E-state index is 11.4. The summed E-state index contributed by atoms with van der Waals surface area (Å²) in [7, 11) is 1.26. The van der Waals surface area contributed by atoms with E-state index in [1.54, 1.807) is 12.1 Å². The Kier molecular flexibility index (Phi) is 4.97. The quantitative estimate of drug-likeness (QED) is 0.649. The van der Waals surface area contributed by atoms with Crippen LogP contribution >= 0.6 is 11.6 Å². The maximum absolute atomic E-state index is 11.4. The number of carbonyl (C=O) groups is 2. The van der Waals surface area contributed by atoms with Crippen molar-refractivity contribution in [3.05, 3.63) is 34.9 Å². The number of hydrogen-bond acceptors (Lipinski definition) is 3. The summed E-state index contributed by atoms with van der Waals surface area (Å²) in [5, 5.41) is 8.94. The smallest absolute Gasteiger partial charge is 0.337 e. The van der Waals surface area contributed by atoms with Gasteiger partial charge in [-0.05, 0) is 36.6 Å². The van der Waals surface area contributed by atoms with Crippen molar-refractivity contribution in [2.24, 2.45) is 0 Å². The fraction of sp³-hybridized carbons (Fsp3) is 0.333. The summed E-state index contributed by atoms with van der Waals surface area (Å²) in [6, 6.07) is 4.48. The van der Waals surface area contributed by atoms with E-state index in [9.17, 15) is 9.59 Å². The molecule has 0 unspecified atom stereocenters. The number of methoxy groups -OCH3 is 1. The standard InChI is InChI=1S/C12H13ClO4/c1-17-12(16)10-6-8(3-2-4-13)5-9(7-10)11(14)15/h5-7H,2-4H2,1H3,(H,14,15). The van der Waals surface area contributed by atoms with E-state index in [0.29, 0.717) is 12.3 Å². The summed E-state index contributed by atoms with van der Waals surface area (Å²) in [5.74, 6) is -1.12. The fourth-order valence-electron chi connectivity index (χ4n) is 1.47. The lowest BCUT2D eigenvalue weighted by Crippen LogP contribution is -2.06. The van der Waals surface area contributed by atoms with Crippen LogP contribution in [0.3, 0.4) is 0 Å². The van der Waals surface area contributed by atoms with Crippen LogP contribution < -0.4 is 0 Å². The van der Waals surface area contributed by atoms with Crippen LogP contribution in [-0.2, 0) is 11.2 Å². The molecule has 1 aromatic rings. The zero-order valence-electron chi connectivity index (χ0n) is 9.40. The molecule has 0 heterocycles. The van der Waals surface area contributed by atoms with Gasteiger partial charge >= 0.3 is 11.9 Å². The van der Waals surface area contributed by atoms with Gasteiger partial charge in [-0.15, -0.1) is 11.6 Å². The number of carboxylic acid groups (broad SMARTS) is 1. The van der Waals surface area contributed by atoms with Crippen LogP contribution in [0, 0.1) is 0 Å². The van der Waals surface area contributed by atoms with Crippen molar-refractivity contribution < 1.29 is 19.4 Å². The van der Waals surface area contributed by atoms with Crippen molar-refractivity contribution >= 4 is 23.5 Å². The second-order valence-corrected chi connectivity index (χ2v) is 3.89. The molecule has 1 N–H and O–H groups in total. The van der Waals surface area contributed by atoms with E-state index < -0.39 is 11.9 Å². The summed E-state index contributed by atoms with van der Waals surface area (Å²) >= 11 is 5.58. The second kappa shape index (κ2) is 6.25. The van der Waals surface area contributed by atoms with Crippen molar-refractivity contribution in [1.29, 1.82) is 0 Å². The number of benzene rings is 1. The third-order valence-electron chi connectivity index (χ3n) is 2.26. The second-order valence-electron chi connectivity index (χ2n) is 3.51. The highest BCUT2D eigenvalue weighted by Gasteiger charge is 2.12. The van der Waals surface area contributed by atoms with Gasteiger partial charge in [-0.3, -0.25) is 0 Å². The van der Waals surface area contributed by atoms with Crippen molar-refractivity contribution in [3.63, 3.8) is 0 Å². The zero-order chi connectivity index (χ0) is 12.8. The lowest BCUT2D eigenvalue weighted by atomic mass is 10.0. The van der Waals surface area contributed by atoms with Gasteiger partial charge in [-0.1, -0.05) is 0 Å². The van der Waals surface area contributed by atoms with Gasteiger partial charge in [0.1, 0.15) is 0 Å². The summed E-state index contributed by atoms with van der Waals surface area (Å²) in [5.41, 5.74) is 1.10. The van der Waals surface area contributed by atoms with Crippen LogP contribution in [-0.4, -0.2) is 30.0 Å². The number of carboxylic acids is 1. The highest BCUT2D eigenvalue weighted by Crippen LogP contribution is 2.14. The predicted molar refractivity (Wildman–Crippen MR) is 63.8 cm³/mol. The maximum Gasteiger partial charge on any atom is 0.337 e. The van der Waals surface area contributed by atoms with Crippen LogP contribution in [0.15, 0.2) is 18.2 Å². The molecule has 0 saturated carbocycles. The number of rotatable bonds is 5. The molecule has 0 saturated heterocycles. The molecule has 0 radical (unpaired) electrons. The molecule has 0 aliphatic carbocycles. The molecule has 0 aliphatic heterocycles. The first kappa shape index (κ1) is 13.5. The van der Waals surface area contributed by atoms with Crippen molar-refractivity contribution in [1.82, 2.24) is 0 Å². The van der Waals surface area contributed by atoms with E-state index >= 15 is 0 Å². The SMILES string of the molecule is COC(=O)c1cc(CCCCl)cc(C(=O)O)c1. The Labute approximate surface area is 104 Å². The van der Waals surface area contributed by atoms with Crippen LogP contribution in [0.5, 0.6) is 0 Å². The topological polar surface area (TPSA) is 63.6 Å². The van der Waals surface area contributed by atoms with Gasteiger partial charge in [0.05, 0.1) is 18.2 Å². The average Bonchev–Trinajstić information content (AvgIpc) is 2.34. The van der Waals surface area contributed by atoms with Crippen molar-refractivity contribution in [2.75, 3.05) is 13.0 Å². The van der Waals surface area contributed by atoms with Crippen LogP contribution in [0.25, 0.3) is 0 Å². The van der Waals surface area contributed by atoms with Gasteiger partial charge in [-0.2, -0.15) is 0 Å². The van der Waals surface area contributed by atoms with Gasteiger partial charge in [0.15, 0.2) is 0 Å². The minimum atomic E-state index is -1.07. The third kappa shape index (κ3) is 3.75. The Hall–Kier alpha value is -1.55. The van der Waals surface area contributed by atoms with Gasteiger partial charge in [-0.25, -0.2) is 9.59 Å². The Morgan fingerprint density at radius 1 is 1.29 bits per heavy atom. The van der Waals surface area contributed by atoms with Gasteiger partial charge in [0.25, 0.3) is 0 Å². The number of ether oxygens (including phenoxy) is 1. The summed E-state index contributed by atoms with van der Waals surface area (Å²) in [4.78, 5) is 22.3. The Balaban J connectivity index is 3.09. The highest BCUT2D eigenvalue weighted by molar-refractivity contribution is 6.17. The molecule has 0 spiro atoms. The highest BCUT2D eigenvalue weighted by atomic mass is 35.5. The minimum absolute atomic E-state index is 0.0810. The first-order valence-corrected chi connectivity index (χ1v) is 5.63. The van der Waals surface area contributed by atoms with E-state index in [1.807, 2.05) is 0 Å². The first-order valence-electron chi connectivity index (χ1n) is 5.10. The number of aromatic carboxylic acids is 1. The lowest BCUT2D eigenvalue weighted by Gasteiger charge is -2.06. The fourth-order valence-corrected chi connectivity index (χ4v) is 1.60. The van der Waals surface area contributed by atoms with Gasteiger partial charge < -0.3 is 9.84 Å². The van der Waals surface area contributed by atoms with Crippen molar-refractivity contribution in [2.45, 2.75) is 12.8 Å². The molecule has 5 heteroatoms. The summed E-state index contributed by atoms with van der Waals surface area (Å²) in [6.07, 6.45) is 1.36. The molecule has 0 amide bonds. The molecule has 17 heavy (non-hydrogen) atoms. The Morgan fingerprint density at radius 3 is 2.47 bits per heavy atom.